The number of hydrogen-bond donors (Lipinski definition) is 2. The van der Waals surface area contributed by atoms with Crippen LogP contribution in [0.2, 0.25) is 0 Å². The molecule has 5 rings (SSSR count). The van der Waals surface area contributed by atoms with Crippen molar-refractivity contribution in [2.45, 2.75) is 56.3 Å². The third kappa shape index (κ3) is 5.14. The van der Waals surface area contributed by atoms with E-state index in [1.54, 1.807) is 19.1 Å². The van der Waals surface area contributed by atoms with Crippen molar-refractivity contribution in [1.82, 2.24) is 9.21 Å². The molecule has 2 aromatic carbocycles. The van der Waals surface area contributed by atoms with Gasteiger partial charge in [0.15, 0.2) is 0 Å². The highest BCUT2D eigenvalue weighted by Gasteiger charge is 2.71. The van der Waals surface area contributed by atoms with Gasteiger partial charge in [-0.25, -0.2) is 8.42 Å². The van der Waals surface area contributed by atoms with Crippen molar-refractivity contribution in [3.8, 4) is 11.1 Å². The van der Waals surface area contributed by atoms with E-state index in [9.17, 15) is 44.7 Å². The van der Waals surface area contributed by atoms with Crippen LogP contribution in [0.1, 0.15) is 40.4 Å². The van der Waals surface area contributed by atoms with Crippen molar-refractivity contribution >= 4 is 15.9 Å². The highest BCUT2D eigenvalue weighted by atomic mass is 32.2. The molecule has 0 spiro atoms. The summed E-state index contributed by atoms with van der Waals surface area (Å²) in [7, 11) is -3.28. The third-order valence-corrected chi connectivity index (χ3v) is 8.72. The summed E-state index contributed by atoms with van der Waals surface area (Å²) < 4.78 is 106. The van der Waals surface area contributed by atoms with E-state index < -0.39 is 45.0 Å². The second-order valence-electron chi connectivity index (χ2n) is 10.0. The van der Waals surface area contributed by atoms with Gasteiger partial charge < -0.3 is 10.8 Å². The van der Waals surface area contributed by atoms with Gasteiger partial charge in [-0.15, -0.1) is 0 Å². The number of hydrogen-bond acceptors (Lipinski definition) is 5. The quantitative estimate of drug-likeness (QED) is 0.489. The predicted molar refractivity (Wildman–Crippen MR) is 130 cm³/mol. The standard InChI is InChI=1S/C25H27F6N3O4S/c1-3-15-8-14(11-33-12-17-10-18(13-33)34(17)39(2,37)38)4-6-19(15)20-7-5-16(9-21(20)22(32)35)23(36,24(26,27)28)25(29,30)31/h4-9,17-18,36H,3,10-13H2,1-2H3,(H2,32,35). The Balaban J connectivity index is 1.65. The van der Waals surface area contributed by atoms with Crippen LogP contribution in [-0.4, -0.2) is 72.4 Å². The summed E-state index contributed by atoms with van der Waals surface area (Å²) in [6.45, 7) is 3.42. The van der Waals surface area contributed by atoms with Gasteiger partial charge in [0.05, 0.1) is 6.26 Å². The van der Waals surface area contributed by atoms with Gasteiger partial charge in [-0.2, -0.15) is 30.6 Å². The molecule has 0 radical (unpaired) electrons. The molecule has 3 aliphatic heterocycles. The monoisotopic (exact) mass is 579 g/mol. The Kier molecular flexibility index (Phi) is 7.33. The number of sulfonamides is 1. The Bertz CT molecular complexity index is 1370. The maximum atomic E-state index is 13.4. The molecular weight excluding hydrogens is 552 g/mol. The number of piperazine rings is 1. The molecule has 2 bridgehead atoms. The van der Waals surface area contributed by atoms with Gasteiger partial charge in [0, 0.05) is 42.8 Å². The molecule has 0 aromatic heterocycles. The Labute approximate surface area is 221 Å². The lowest BCUT2D eigenvalue weighted by Crippen LogP contribution is -2.69. The number of aliphatic hydroxyl groups is 1. The van der Waals surface area contributed by atoms with Crippen LogP contribution in [0.4, 0.5) is 26.3 Å². The number of carbonyl (C=O) groups is 1. The minimum Gasteiger partial charge on any atom is -0.369 e. The number of nitrogens with two attached hydrogens (primary N) is 1. The maximum Gasteiger partial charge on any atom is 0.430 e. The van der Waals surface area contributed by atoms with Crippen LogP contribution in [0.25, 0.3) is 11.1 Å². The van der Waals surface area contributed by atoms with Crippen molar-refractivity contribution < 1.29 is 44.7 Å². The van der Waals surface area contributed by atoms with Crippen LogP contribution < -0.4 is 5.73 Å². The van der Waals surface area contributed by atoms with Crippen LogP contribution in [0.3, 0.4) is 0 Å². The van der Waals surface area contributed by atoms with E-state index in [1.807, 2.05) is 6.07 Å². The number of fused-ring (bicyclic) bond motifs is 2. The zero-order chi connectivity index (χ0) is 29.1. The lowest BCUT2D eigenvalue weighted by molar-refractivity contribution is -0.376. The molecule has 3 N–H and O–H groups in total. The number of carbonyl (C=O) groups excluding carboxylic acids is 1. The second kappa shape index (κ2) is 9.75. The Hall–Kier alpha value is -2.68. The van der Waals surface area contributed by atoms with E-state index in [-0.39, 0.29) is 17.6 Å². The fourth-order valence-corrected chi connectivity index (χ4v) is 6.98. The molecule has 2 unspecified atom stereocenters. The van der Waals surface area contributed by atoms with Gasteiger partial charge in [-0.05, 0) is 41.2 Å². The number of nitrogens with zero attached hydrogens (tertiary/aromatic N) is 2. The molecule has 3 saturated heterocycles. The minimum atomic E-state index is -6.11. The molecule has 2 atom stereocenters. The lowest BCUT2D eigenvalue weighted by Gasteiger charge is -2.54. The summed E-state index contributed by atoms with van der Waals surface area (Å²) in [4.78, 5) is 14.3. The van der Waals surface area contributed by atoms with E-state index in [0.29, 0.717) is 49.3 Å². The van der Waals surface area contributed by atoms with Gasteiger partial charge >= 0.3 is 12.4 Å². The first-order valence-corrected chi connectivity index (χ1v) is 13.9. The Morgan fingerprint density at radius 3 is 2.05 bits per heavy atom. The molecule has 0 aliphatic carbocycles. The number of rotatable bonds is 7. The molecule has 2 aromatic rings. The lowest BCUT2D eigenvalue weighted by atomic mass is 9.86. The molecule has 1 amide bonds. The Morgan fingerprint density at radius 1 is 1.00 bits per heavy atom. The van der Waals surface area contributed by atoms with Crippen molar-refractivity contribution in [3.63, 3.8) is 0 Å². The summed E-state index contributed by atoms with van der Waals surface area (Å²) in [5.41, 5.74) is -0.0448. The van der Waals surface area contributed by atoms with Gasteiger partial charge in [-0.1, -0.05) is 37.3 Å². The molecule has 3 heterocycles. The normalized spacial score (nSPS) is 21.1. The molecule has 7 nitrogen and oxygen atoms in total. The van der Waals surface area contributed by atoms with Crippen LogP contribution in [-0.2, 0) is 28.6 Å². The maximum absolute atomic E-state index is 13.4. The molecule has 214 valence electrons. The number of amides is 1. The van der Waals surface area contributed by atoms with E-state index in [1.165, 1.54) is 10.6 Å². The van der Waals surface area contributed by atoms with Gasteiger partial charge in [0.2, 0.25) is 15.9 Å². The Morgan fingerprint density at radius 2 is 1.56 bits per heavy atom. The molecule has 39 heavy (non-hydrogen) atoms. The first-order chi connectivity index (χ1) is 17.9. The van der Waals surface area contributed by atoms with E-state index in [0.717, 1.165) is 18.1 Å². The van der Waals surface area contributed by atoms with E-state index in [4.69, 9.17) is 5.73 Å². The molecule has 14 heteroatoms. The fraction of sp³-hybridized carbons (Fsp3) is 0.480. The summed E-state index contributed by atoms with van der Waals surface area (Å²) in [5.74, 6) is -1.26. The van der Waals surface area contributed by atoms with E-state index >= 15 is 0 Å². The summed E-state index contributed by atoms with van der Waals surface area (Å²) in [5, 5.41) is 9.76. The van der Waals surface area contributed by atoms with Crippen LogP contribution in [0.15, 0.2) is 36.4 Å². The summed E-state index contributed by atoms with van der Waals surface area (Å²) in [6, 6.07) is 6.73. The number of aryl methyl sites for hydroxylation is 1. The second-order valence-corrected chi connectivity index (χ2v) is 11.9. The van der Waals surface area contributed by atoms with Crippen molar-refractivity contribution in [3.05, 3.63) is 58.7 Å². The van der Waals surface area contributed by atoms with Crippen molar-refractivity contribution in [2.24, 2.45) is 5.73 Å². The summed E-state index contributed by atoms with van der Waals surface area (Å²) >= 11 is 0. The topological polar surface area (TPSA) is 104 Å². The molecular formula is C25H27F6N3O4S. The van der Waals surface area contributed by atoms with Gasteiger partial charge in [0.1, 0.15) is 0 Å². The first kappa shape index (κ1) is 29.3. The average Bonchev–Trinajstić information content (AvgIpc) is 2.80. The van der Waals surface area contributed by atoms with Crippen molar-refractivity contribution in [1.29, 1.82) is 0 Å². The van der Waals surface area contributed by atoms with Crippen LogP contribution in [0, 0.1) is 0 Å². The van der Waals surface area contributed by atoms with Gasteiger partial charge in [0.25, 0.3) is 5.60 Å². The fourth-order valence-electron chi connectivity index (χ4n) is 5.59. The average molecular weight is 580 g/mol. The molecule has 0 saturated carbocycles. The van der Waals surface area contributed by atoms with Crippen molar-refractivity contribution in [2.75, 3.05) is 19.3 Å². The third-order valence-electron chi connectivity index (χ3n) is 7.35. The number of piperidine rings is 1. The number of alkyl halides is 6. The van der Waals surface area contributed by atoms with Gasteiger partial charge in [-0.3, -0.25) is 9.69 Å². The zero-order valence-corrected chi connectivity index (χ0v) is 21.8. The van der Waals surface area contributed by atoms with Crippen LogP contribution >= 0.6 is 0 Å². The summed E-state index contributed by atoms with van der Waals surface area (Å²) in [6.07, 6.45) is -9.80. The predicted octanol–water partition coefficient (Wildman–Crippen LogP) is 3.55. The largest absolute Gasteiger partial charge is 0.430 e. The first-order valence-electron chi connectivity index (χ1n) is 12.0. The minimum absolute atomic E-state index is 0.0318. The number of primary amides is 1. The molecule has 3 aliphatic rings. The van der Waals surface area contributed by atoms with E-state index in [2.05, 4.69) is 4.90 Å². The van der Waals surface area contributed by atoms with Crippen LogP contribution in [0.5, 0.6) is 0 Å². The SMILES string of the molecule is CCc1cc(CN2CC3CC(C2)N3S(C)(=O)=O)ccc1-c1ccc(C(O)(C(F)(F)F)C(F)(F)F)cc1C(N)=O. The molecule has 3 fully saturated rings. The zero-order valence-electron chi connectivity index (χ0n) is 21.0. The highest BCUT2D eigenvalue weighted by molar-refractivity contribution is 7.88. The number of halogens is 6. The number of benzene rings is 2. The smallest absolute Gasteiger partial charge is 0.369 e. The highest BCUT2D eigenvalue weighted by Crippen LogP contribution is 2.50.